The van der Waals surface area contributed by atoms with Gasteiger partial charge in [-0.25, -0.2) is 4.98 Å². The SMILES string of the molecule is CC[C@@H](C)n1c(=S)[nH]c(=O)c2c(C(F)(F)F)cc(-c3ccc4ccccc4c3)nc21. The molecule has 2 heterocycles. The molecule has 0 unspecified atom stereocenters. The summed E-state index contributed by atoms with van der Waals surface area (Å²) < 4.78 is 43.4. The van der Waals surface area contributed by atoms with Crippen molar-refractivity contribution in [3.8, 4) is 11.3 Å². The van der Waals surface area contributed by atoms with Crippen LogP contribution in [0.4, 0.5) is 13.2 Å². The molecule has 0 saturated carbocycles. The van der Waals surface area contributed by atoms with E-state index >= 15 is 0 Å². The maximum absolute atomic E-state index is 13.9. The molecule has 1 atom stereocenters. The minimum absolute atomic E-state index is 0.0538. The molecular formula is C22H18F3N3OS. The van der Waals surface area contributed by atoms with E-state index < -0.39 is 22.7 Å². The van der Waals surface area contributed by atoms with Crippen LogP contribution in [0, 0.1) is 4.77 Å². The van der Waals surface area contributed by atoms with Gasteiger partial charge in [-0.15, -0.1) is 0 Å². The van der Waals surface area contributed by atoms with Gasteiger partial charge in [-0.2, -0.15) is 13.2 Å². The predicted molar refractivity (Wildman–Crippen MR) is 114 cm³/mol. The highest BCUT2D eigenvalue weighted by Crippen LogP contribution is 2.36. The number of fused-ring (bicyclic) bond motifs is 2. The Labute approximate surface area is 175 Å². The molecular weight excluding hydrogens is 411 g/mol. The number of aromatic amines is 1. The summed E-state index contributed by atoms with van der Waals surface area (Å²) in [5.74, 6) is 0. The molecule has 0 fully saturated rings. The normalized spacial score (nSPS) is 13.1. The maximum atomic E-state index is 13.9. The average molecular weight is 429 g/mol. The number of benzene rings is 2. The first-order valence-electron chi connectivity index (χ1n) is 9.46. The van der Waals surface area contributed by atoms with Gasteiger partial charge in [0.2, 0.25) is 0 Å². The van der Waals surface area contributed by atoms with E-state index in [1.165, 1.54) is 4.57 Å². The van der Waals surface area contributed by atoms with Gasteiger partial charge in [0.1, 0.15) is 5.65 Å². The smallest absolute Gasteiger partial charge is 0.300 e. The highest BCUT2D eigenvalue weighted by molar-refractivity contribution is 7.71. The van der Waals surface area contributed by atoms with Gasteiger partial charge in [-0.3, -0.25) is 14.3 Å². The standard InChI is InChI=1S/C22H18F3N3OS/c1-3-12(2)28-19-18(20(29)27-21(28)30)16(22(23,24)25)11-17(26-19)15-9-8-13-6-4-5-7-14(13)10-15/h4-12H,3H2,1-2H3,(H,27,29,30)/t12-/m1/s1. The van der Waals surface area contributed by atoms with E-state index in [0.717, 1.165) is 16.8 Å². The Balaban J connectivity index is 2.13. The van der Waals surface area contributed by atoms with Gasteiger partial charge in [0, 0.05) is 11.6 Å². The van der Waals surface area contributed by atoms with E-state index in [1.54, 1.807) is 12.1 Å². The summed E-state index contributed by atoms with van der Waals surface area (Å²) in [6, 6.07) is 13.6. The molecule has 0 bridgehead atoms. The van der Waals surface area contributed by atoms with E-state index in [9.17, 15) is 18.0 Å². The van der Waals surface area contributed by atoms with Crippen LogP contribution >= 0.6 is 12.2 Å². The number of nitrogens with zero attached hydrogens (tertiary/aromatic N) is 2. The Morgan fingerprint density at radius 2 is 1.83 bits per heavy atom. The molecule has 0 radical (unpaired) electrons. The van der Waals surface area contributed by atoms with Gasteiger partial charge in [0.15, 0.2) is 4.77 Å². The molecule has 0 saturated heterocycles. The van der Waals surface area contributed by atoms with Gasteiger partial charge < -0.3 is 0 Å². The fourth-order valence-electron chi connectivity index (χ4n) is 3.56. The number of aromatic nitrogens is 3. The molecule has 4 aromatic rings. The predicted octanol–water partition coefficient (Wildman–Crippen LogP) is 6.26. The molecule has 0 aliphatic heterocycles. The second-order valence-electron chi connectivity index (χ2n) is 7.20. The molecule has 0 amide bonds. The first-order valence-corrected chi connectivity index (χ1v) is 9.87. The topological polar surface area (TPSA) is 50.7 Å². The summed E-state index contributed by atoms with van der Waals surface area (Å²) in [6.07, 6.45) is -4.12. The fourth-order valence-corrected chi connectivity index (χ4v) is 3.92. The second-order valence-corrected chi connectivity index (χ2v) is 7.59. The summed E-state index contributed by atoms with van der Waals surface area (Å²) in [4.78, 5) is 19.3. The van der Waals surface area contributed by atoms with E-state index in [1.807, 2.05) is 44.2 Å². The number of H-pyrrole nitrogens is 1. The number of halogens is 3. The van der Waals surface area contributed by atoms with Crippen LogP contribution in [0.25, 0.3) is 33.1 Å². The molecule has 4 nitrogen and oxygen atoms in total. The summed E-state index contributed by atoms with van der Waals surface area (Å²) in [5.41, 5.74) is -1.31. The van der Waals surface area contributed by atoms with Crippen LogP contribution in [0.3, 0.4) is 0 Å². The van der Waals surface area contributed by atoms with Gasteiger partial charge in [0.05, 0.1) is 16.6 Å². The molecule has 2 aromatic heterocycles. The van der Waals surface area contributed by atoms with Crippen molar-refractivity contribution in [3.05, 3.63) is 69.2 Å². The lowest BCUT2D eigenvalue weighted by Crippen LogP contribution is -2.22. The molecule has 30 heavy (non-hydrogen) atoms. The van der Waals surface area contributed by atoms with Crippen LogP contribution in [-0.2, 0) is 6.18 Å². The minimum atomic E-state index is -4.73. The number of pyridine rings is 1. The highest BCUT2D eigenvalue weighted by atomic mass is 32.1. The number of hydrogen-bond donors (Lipinski definition) is 1. The molecule has 0 aliphatic rings. The lowest BCUT2D eigenvalue weighted by molar-refractivity contribution is -0.136. The summed E-state index contributed by atoms with van der Waals surface area (Å²) in [6.45, 7) is 3.71. The molecule has 0 spiro atoms. The van der Waals surface area contributed by atoms with Crippen molar-refractivity contribution in [2.24, 2.45) is 0 Å². The number of hydrogen-bond acceptors (Lipinski definition) is 3. The summed E-state index contributed by atoms with van der Waals surface area (Å²) in [5, 5.41) is 1.35. The fraction of sp³-hybridized carbons (Fsp3) is 0.227. The lowest BCUT2D eigenvalue weighted by atomic mass is 10.0. The third kappa shape index (κ3) is 3.41. The Morgan fingerprint density at radius 3 is 2.50 bits per heavy atom. The van der Waals surface area contributed by atoms with Crippen LogP contribution in [0.15, 0.2) is 53.3 Å². The largest absolute Gasteiger partial charge is 0.417 e. The second kappa shape index (κ2) is 7.36. The first-order chi connectivity index (χ1) is 14.2. The zero-order valence-electron chi connectivity index (χ0n) is 16.2. The average Bonchev–Trinajstić information content (AvgIpc) is 2.71. The first kappa shape index (κ1) is 20.3. The van der Waals surface area contributed by atoms with E-state index in [-0.39, 0.29) is 22.2 Å². The van der Waals surface area contributed by atoms with Crippen molar-refractivity contribution in [1.29, 1.82) is 0 Å². The van der Waals surface area contributed by atoms with Gasteiger partial charge in [0.25, 0.3) is 5.56 Å². The lowest BCUT2D eigenvalue weighted by Gasteiger charge is -2.19. The van der Waals surface area contributed by atoms with Crippen molar-refractivity contribution in [2.75, 3.05) is 0 Å². The van der Waals surface area contributed by atoms with Crippen LogP contribution in [0.2, 0.25) is 0 Å². The maximum Gasteiger partial charge on any atom is 0.417 e. The third-order valence-corrected chi connectivity index (χ3v) is 5.58. The van der Waals surface area contributed by atoms with Crippen LogP contribution in [0.5, 0.6) is 0 Å². The van der Waals surface area contributed by atoms with Gasteiger partial charge in [-0.1, -0.05) is 43.3 Å². The monoisotopic (exact) mass is 429 g/mol. The van der Waals surface area contributed by atoms with Gasteiger partial charge >= 0.3 is 6.18 Å². The van der Waals surface area contributed by atoms with Crippen molar-refractivity contribution in [2.45, 2.75) is 32.5 Å². The van der Waals surface area contributed by atoms with Crippen LogP contribution in [-0.4, -0.2) is 14.5 Å². The van der Waals surface area contributed by atoms with E-state index in [4.69, 9.17) is 12.2 Å². The Morgan fingerprint density at radius 1 is 1.13 bits per heavy atom. The van der Waals surface area contributed by atoms with Crippen molar-refractivity contribution in [3.63, 3.8) is 0 Å². The third-order valence-electron chi connectivity index (χ3n) is 5.28. The summed E-state index contributed by atoms with van der Waals surface area (Å²) >= 11 is 5.26. The Bertz CT molecular complexity index is 1390. The molecule has 154 valence electrons. The molecule has 1 N–H and O–H groups in total. The van der Waals surface area contributed by atoms with E-state index in [0.29, 0.717) is 12.0 Å². The number of nitrogens with one attached hydrogen (secondary N) is 1. The highest BCUT2D eigenvalue weighted by Gasteiger charge is 2.35. The molecule has 4 rings (SSSR count). The molecule has 2 aromatic carbocycles. The van der Waals surface area contributed by atoms with Crippen LogP contribution < -0.4 is 5.56 Å². The zero-order valence-corrected chi connectivity index (χ0v) is 17.1. The molecule has 0 aliphatic carbocycles. The Kier molecular flexibility index (Phi) is 4.97. The van der Waals surface area contributed by atoms with E-state index in [2.05, 4.69) is 9.97 Å². The van der Waals surface area contributed by atoms with Gasteiger partial charge in [-0.05, 0) is 48.5 Å². The van der Waals surface area contributed by atoms with Crippen molar-refractivity contribution < 1.29 is 13.2 Å². The minimum Gasteiger partial charge on any atom is -0.300 e. The van der Waals surface area contributed by atoms with Crippen LogP contribution in [0.1, 0.15) is 31.9 Å². The zero-order chi connectivity index (χ0) is 21.6. The number of alkyl halides is 3. The number of rotatable bonds is 3. The van der Waals surface area contributed by atoms with Crippen molar-refractivity contribution in [1.82, 2.24) is 14.5 Å². The Hall–Kier alpha value is -3.00. The molecule has 8 heteroatoms. The quantitative estimate of drug-likeness (QED) is 0.391. The van der Waals surface area contributed by atoms with Crippen molar-refractivity contribution >= 4 is 34.0 Å². The summed E-state index contributed by atoms with van der Waals surface area (Å²) in [7, 11) is 0.